The van der Waals surface area contributed by atoms with Crippen LogP contribution in [0.1, 0.15) is 24.8 Å². The average molecular weight is 318 g/mol. The summed E-state index contributed by atoms with van der Waals surface area (Å²) in [5.74, 6) is -0.182. The van der Waals surface area contributed by atoms with Crippen LogP contribution in [0.4, 0.5) is 11.4 Å². The Kier molecular flexibility index (Phi) is 6.28. The number of ether oxygens (including phenoxy) is 1. The molecule has 1 N–H and O–H groups in total. The van der Waals surface area contributed by atoms with Crippen molar-refractivity contribution in [3.63, 3.8) is 0 Å². The van der Waals surface area contributed by atoms with Gasteiger partial charge in [0.15, 0.2) is 0 Å². The van der Waals surface area contributed by atoms with Gasteiger partial charge < -0.3 is 10.1 Å². The molecule has 0 saturated carbocycles. The molecule has 0 radical (unpaired) electrons. The molecular formula is C18H20ClNO2. The van der Waals surface area contributed by atoms with Crippen molar-refractivity contribution in [2.45, 2.75) is 19.3 Å². The number of benzene rings is 2. The molecule has 0 heterocycles. The molecular weight excluding hydrogens is 298 g/mol. The molecule has 0 saturated heterocycles. The molecule has 0 aliphatic carbocycles. The summed E-state index contributed by atoms with van der Waals surface area (Å²) in [6.07, 6.45) is 0.549. The van der Waals surface area contributed by atoms with E-state index in [1.165, 1.54) is 0 Å². The highest BCUT2D eigenvalue weighted by atomic mass is 35.5. The molecule has 1 atom stereocenters. The van der Waals surface area contributed by atoms with Crippen molar-refractivity contribution in [3.05, 3.63) is 60.2 Å². The monoisotopic (exact) mass is 317 g/mol. The van der Waals surface area contributed by atoms with Gasteiger partial charge in [0.05, 0.1) is 12.5 Å². The van der Waals surface area contributed by atoms with Crippen molar-refractivity contribution in [2.75, 3.05) is 17.8 Å². The average Bonchev–Trinajstić information content (AvgIpc) is 2.54. The second-order valence-electron chi connectivity index (χ2n) is 4.86. The van der Waals surface area contributed by atoms with Gasteiger partial charge in [-0.05, 0) is 37.1 Å². The zero-order valence-electron chi connectivity index (χ0n) is 12.6. The number of esters is 1. The van der Waals surface area contributed by atoms with Crippen LogP contribution in [-0.2, 0) is 9.53 Å². The standard InChI is InChI=1S/C18H20ClNO2/c1-2-22-18(21)16(12-13-19)15-10-6-7-11-17(15)20-14-8-4-3-5-9-14/h3-11,16,20H,2,12-13H2,1H3. The van der Waals surface area contributed by atoms with Gasteiger partial charge in [-0.3, -0.25) is 4.79 Å². The van der Waals surface area contributed by atoms with Crippen molar-refractivity contribution in [2.24, 2.45) is 0 Å². The minimum Gasteiger partial charge on any atom is -0.466 e. The van der Waals surface area contributed by atoms with E-state index in [1.54, 1.807) is 0 Å². The van der Waals surface area contributed by atoms with Crippen LogP contribution >= 0.6 is 11.6 Å². The first-order chi connectivity index (χ1) is 10.8. The first-order valence-electron chi connectivity index (χ1n) is 7.39. The van der Waals surface area contributed by atoms with Crippen LogP contribution in [0, 0.1) is 0 Å². The van der Waals surface area contributed by atoms with Crippen molar-refractivity contribution in [3.8, 4) is 0 Å². The fourth-order valence-electron chi connectivity index (χ4n) is 2.34. The SMILES string of the molecule is CCOC(=O)C(CCCl)c1ccccc1Nc1ccccc1. The molecule has 0 spiro atoms. The van der Waals surface area contributed by atoms with Crippen LogP contribution in [0.15, 0.2) is 54.6 Å². The van der Waals surface area contributed by atoms with Gasteiger partial charge in [0, 0.05) is 17.3 Å². The summed E-state index contributed by atoms with van der Waals surface area (Å²) in [6.45, 7) is 2.18. The lowest BCUT2D eigenvalue weighted by molar-refractivity contribution is -0.145. The Hall–Kier alpha value is -2.00. The van der Waals surface area contributed by atoms with Crippen LogP contribution in [0.3, 0.4) is 0 Å². The van der Waals surface area contributed by atoms with Crippen molar-refractivity contribution in [1.82, 2.24) is 0 Å². The first-order valence-corrected chi connectivity index (χ1v) is 7.93. The smallest absolute Gasteiger partial charge is 0.313 e. The van der Waals surface area contributed by atoms with Gasteiger partial charge >= 0.3 is 5.97 Å². The molecule has 3 nitrogen and oxygen atoms in total. The second-order valence-corrected chi connectivity index (χ2v) is 5.24. The van der Waals surface area contributed by atoms with Crippen molar-refractivity contribution < 1.29 is 9.53 Å². The largest absolute Gasteiger partial charge is 0.466 e. The van der Waals surface area contributed by atoms with Crippen LogP contribution in [-0.4, -0.2) is 18.5 Å². The second kappa shape index (κ2) is 8.44. The predicted molar refractivity (Wildman–Crippen MR) is 90.9 cm³/mol. The van der Waals surface area contributed by atoms with E-state index in [4.69, 9.17) is 16.3 Å². The lowest BCUT2D eigenvalue weighted by atomic mass is 9.94. The molecule has 4 heteroatoms. The Bertz CT molecular complexity index is 601. The summed E-state index contributed by atoms with van der Waals surface area (Å²) in [4.78, 5) is 12.2. The summed E-state index contributed by atoms with van der Waals surface area (Å²) >= 11 is 5.87. The van der Waals surface area contributed by atoms with Gasteiger partial charge in [-0.1, -0.05) is 36.4 Å². The molecule has 0 fully saturated rings. The van der Waals surface area contributed by atoms with E-state index in [9.17, 15) is 4.79 Å². The summed E-state index contributed by atoms with van der Waals surface area (Å²) in [5.41, 5.74) is 2.78. The van der Waals surface area contributed by atoms with Gasteiger partial charge in [-0.15, -0.1) is 11.6 Å². The first kappa shape index (κ1) is 16.4. The molecule has 116 valence electrons. The molecule has 0 aliphatic rings. The number of anilines is 2. The molecule has 0 aromatic heterocycles. The number of nitrogens with one attached hydrogen (secondary N) is 1. The lowest BCUT2D eigenvalue weighted by Crippen LogP contribution is -2.17. The van der Waals surface area contributed by atoms with E-state index in [2.05, 4.69) is 5.32 Å². The molecule has 2 rings (SSSR count). The fourth-order valence-corrected chi connectivity index (χ4v) is 2.56. The third-order valence-corrected chi connectivity index (χ3v) is 3.58. The maximum atomic E-state index is 12.2. The zero-order chi connectivity index (χ0) is 15.8. The van der Waals surface area contributed by atoms with Crippen molar-refractivity contribution in [1.29, 1.82) is 0 Å². The van der Waals surface area contributed by atoms with Gasteiger partial charge in [0.2, 0.25) is 0 Å². The molecule has 22 heavy (non-hydrogen) atoms. The number of halogens is 1. The number of carbonyl (C=O) groups is 1. The van der Waals surface area contributed by atoms with Gasteiger partial charge in [-0.25, -0.2) is 0 Å². The highest BCUT2D eigenvalue weighted by Gasteiger charge is 2.23. The summed E-state index contributed by atoms with van der Waals surface area (Å²) in [5, 5.41) is 3.36. The van der Waals surface area contributed by atoms with Crippen LogP contribution in [0.25, 0.3) is 0 Å². The molecule has 0 aliphatic heterocycles. The van der Waals surface area contributed by atoms with Gasteiger partial charge in [0.1, 0.15) is 0 Å². The molecule has 2 aromatic rings. The minimum absolute atomic E-state index is 0.231. The number of hydrogen-bond donors (Lipinski definition) is 1. The van der Waals surface area contributed by atoms with Crippen LogP contribution < -0.4 is 5.32 Å². The number of rotatable bonds is 7. The maximum Gasteiger partial charge on any atom is 0.313 e. The Morgan fingerprint density at radius 3 is 2.50 bits per heavy atom. The molecule has 1 unspecified atom stereocenters. The highest BCUT2D eigenvalue weighted by molar-refractivity contribution is 6.18. The minimum atomic E-state index is -0.357. The van der Waals surface area contributed by atoms with E-state index in [1.807, 2.05) is 61.5 Å². The zero-order valence-corrected chi connectivity index (χ0v) is 13.3. The molecule has 0 bridgehead atoms. The van der Waals surface area contributed by atoms with Gasteiger partial charge in [0.25, 0.3) is 0 Å². The Balaban J connectivity index is 2.30. The Morgan fingerprint density at radius 1 is 1.14 bits per heavy atom. The third-order valence-electron chi connectivity index (χ3n) is 3.36. The van der Waals surface area contributed by atoms with E-state index >= 15 is 0 Å². The summed E-state index contributed by atoms with van der Waals surface area (Å²) in [7, 11) is 0. The van der Waals surface area contributed by atoms with Crippen LogP contribution in [0.2, 0.25) is 0 Å². The predicted octanol–water partition coefficient (Wildman–Crippen LogP) is 4.71. The quantitative estimate of drug-likeness (QED) is 0.594. The van der Waals surface area contributed by atoms with Crippen molar-refractivity contribution >= 4 is 28.9 Å². The highest BCUT2D eigenvalue weighted by Crippen LogP contribution is 2.30. The maximum absolute atomic E-state index is 12.2. The number of hydrogen-bond acceptors (Lipinski definition) is 3. The fraction of sp³-hybridized carbons (Fsp3) is 0.278. The number of carbonyl (C=O) groups excluding carboxylic acids is 1. The van der Waals surface area contributed by atoms with E-state index < -0.39 is 0 Å². The number of para-hydroxylation sites is 2. The normalized spacial score (nSPS) is 11.7. The van der Waals surface area contributed by atoms with Crippen LogP contribution in [0.5, 0.6) is 0 Å². The van der Waals surface area contributed by atoms with E-state index in [-0.39, 0.29) is 11.9 Å². The van der Waals surface area contributed by atoms with E-state index in [0.717, 1.165) is 16.9 Å². The van der Waals surface area contributed by atoms with E-state index in [0.29, 0.717) is 18.9 Å². The lowest BCUT2D eigenvalue weighted by Gasteiger charge is -2.19. The third kappa shape index (κ3) is 4.25. The number of alkyl halides is 1. The topological polar surface area (TPSA) is 38.3 Å². The Morgan fingerprint density at radius 2 is 1.82 bits per heavy atom. The summed E-state index contributed by atoms with van der Waals surface area (Å²) < 4.78 is 5.19. The molecule has 2 aromatic carbocycles. The summed E-state index contributed by atoms with van der Waals surface area (Å²) in [6, 6.07) is 17.6. The Labute approximate surface area is 136 Å². The van der Waals surface area contributed by atoms with Gasteiger partial charge in [-0.2, -0.15) is 0 Å². The molecule has 0 amide bonds.